The lowest BCUT2D eigenvalue weighted by Crippen LogP contribution is -2.45. The number of nitriles is 1. The second-order valence-electron chi connectivity index (χ2n) is 6.25. The maximum absolute atomic E-state index is 9.03. The first-order valence-electron chi connectivity index (χ1n) is 8.84. The predicted molar refractivity (Wildman–Crippen MR) is 101 cm³/mol. The number of nitrogens with one attached hydrogen (secondary N) is 2. The molecule has 1 aliphatic heterocycles. The molecule has 2 aromatic rings. The van der Waals surface area contributed by atoms with Crippen LogP contribution in [0.15, 0.2) is 53.8 Å². The van der Waals surface area contributed by atoms with Gasteiger partial charge in [0, 0.05) is 32.0 Å². The smallest absolute Gasteiger partial charge is 0.222 e. The molecule has 7 heteroatoms. The number of aromatic nitrogens is 2. The Morgan fingerprint density at radius 2 is 1.88 bits per heavy atom. The van der Waals surface area contributed by atoms with Crippen LogP contribution in [0.5, 0.6) is 0 Å². The first-order valence-corrected chi connectivity index (χ1v) is 8.84. The van der Waals surface area contributed by atoms with E-state index in [2.05, 4.69) is 30.5 Å². The molecule has 0 unspecified atom stereocenters. The minimum Gasteiger partial charge on any atom is -0.354 e. The number of anilines is 1. The minimum atomic E-state index is 0.563. The summed E-state index contributed by atoms with van der Waals surface area (Å²) in [5, 5.41) is 15.1. The van der Waals surface area contributed by atoms with E-state index in [0.717, 1.165) is 38.0 Å². The van der Waals surface area contributed by atoms with E-state index >= 15 is 0 Å². The lowest BCUT2D eigenvalue weighted by Gasteiger charge is -2.33. The van der Waals surface area contributed by atoms with Gasteiger partial charge in [-0.1, -0.05) is 30.3 Å². The number of aliphatic imine (C=N–C) groups is 1. The number of hydrogen-bond acceptors (Lipinski definition) is 5. The van der Waals surface area contributed by atoms with Crippen LogP contribution in [0.1, 0.15) is 18.4 Å². The molecule has 1 aliphatic rings. The number of hydrogen-bond donors (Lipinski definition) is 2. The van der Waals surface area contributed by atoms with Crippen molar-refractivity contribution in [2.45, 2.75) is 19.4 Å². The monoisotopic (exact) mass is 349 g/mol. The van der Waals surface area contributed by atoms with Crippen molar-refractivity contribution >= 4 is 11.9 Å². The fourth-order valence-corrected chi connectivity index (χ4v) is 2.99. The van der Waals surface area contributed by atoms with Crippen LogP contribution in [0.25, 0.3) is 0 Å². The highest BCUT2D eigenvalue weighted by Gasteiger charge is 2.21. The Balaban J connectivity index is 1.50. The van der Waals surface area contributed by atoms with Gasteiger partial charge in [-0.3, -0.25) is 5.32 Å². The molecule has 2 N–H and O–H groups in total. The lowest BCUT2D eigenvalue weighted by atomic mass is 9.97. The Hall–Kier alpha value is -3.14. The Kier molecular flexibility index (Phi) is 6.37. The Bertz CT molecular complexity index is 731. The zero-order valence-corrected chi connectivity index (χ0v) is 14.7. The minimum absolute atomic E-state index is 0.563. The van der Waals surface area contributed by atoms with Gasteiger partial charge in [0.2, 0.25) is 11.9 Å². The molecule has 1 aromatic carbocycles. The molecule has 3 rings (SSSR count). The summed E-state index contributed by atoms with van der Waals surface area (Å²) in [5.74, 6) is 1.90. The summed E-state index contributed by atoms with van der Waals surface area (Å²) in [5.41, 5.74) is 1.13. The Morgan fingerprint density at radius 3 is 2.58 bits per heavy atom. The molecule has 134 valence electrons. The molecule has 2 heterocycles. The summed E-state index contributed by atoms with van der Waals surface area (Å²) in [7, 11) is 0. The van der Waals surface area contributed by atoms with Crippen molar-refractivity contribution in [1.29, 1.82) is 5.26 Å². The number of piperidine rings is 1. The number of rotatable bonds is 5. The van der Waals surface area contributed by atoms with Crippen LogP contribution in [0.4, 0.5) is 5.95 Å². The van der Waals surface area contributed by atoms with Gasteiger partial charge in [-0.05, 0) is 30.4 Å². The van der Waals surface area contributed by atoms with Crippen molar-refractivity contribution in [2.75, 3.05) is 25.0 Å². The van der Waals surface area contributed by atoms with Crippen molar-refractivity contribution in [2.24, 2.45) is 10.9 Å². The third-order valence-corrected chi connectivity index (χ3v) is 4.45. The van der Waals surface area contributed by atoms with Gasteiger partial charge in [0.1, 0.15) is 0 Å². The first kappa shape index (κ1) is 17.7. The second kappa shape index (κ2) is 9.37. The summed E-state index contributed by atoms with van der Waals surface area (Å²) >= 11 is 0. The molecular formula is C19H23N7. The molecule has 0 bridgehead atoms. The highest BCUT2D eigenvalue weighted by atomic mass is 15.3. The third kappa shape index (κ3) is 5.18. The molecule has 26 heavy (non-hydrogen) atoms. The Labute approximate surface area is 153 Å². The van der Waals surface area contributed by atoms with E-state index in [1.165, 1.54) is 0 Å². The maximum Gasteiger partial charge on any atom is 0.222 e. The average molecular weight is 349 g/mol. The molecule has 0 saturated carbocycles. The molecule has 1 aromatic heterocycles. The predicted octanol–water partition coefficient (Wildman–Crippen LogP) is 2.23. The summed E-state index contributed by atoms with van der Waals surface area (Å²) in [6, 6.07) is 11.9. The second-order valence-corrected chi connectivity index (χ2v) is 6.25. The van der Waals surface area contributed by atoms with Gasteiger partial charge in [0.05, 0.1) is 6.54 Å². The molecule has 0 radical (unpaired) electrons. The molecule has 0 aliphatic carbocycles. The van der Waals surface area contributed by atoms with Gasteiger partial charge >= 0.3 is 0 Å². The summed E-state index contributed by atoms with van der Waals surface area (Å²) in [6.07, 6.45) is 7.56. The summed E-state index contributed by atoms with van der Waals surface area (Å²) < 4.78 is 0. The first-order chi connectivity index (χ1) is 12.8. The van der Waals surface area contributed by atoms with Crippen molar-refractivity contribution in [3.63, 3.8) is 0 Å². The SMILES string of the molecule is N#CNC(=NCc1ccccc1)N1CCC(CNc2ncccn2)CC1. The van der Waals surface area contributed by atoms with E-state index < -0.39 is 0 Å². The van der Waals surface area contributed by atoms with Gasteiger partial charge in [0.15, 0.2) is 6.19 Å². The number of benzene rings is 1. The summed E-state index contributed by atoms with van der Waals surface area (Å²) in [6.45, 7) is 3.19. The van der Waals surface area contributed by atoms with E-state index in [9.17, 15) is 0 Å². The quantitative estimate of drug-likeness (QED) is 0.372. The van der Waals surface area contributed by atoms with Gasteiger partial charge in [-0.25, -0.2) is 15.0 Å². The molecule has 1 fully saturated rings. The average Bonchev–Trinajstić information content (AvgIpc) is 2.71. The van der Waals surface area contributed by atoms with Crippen LogP contribution in [0, 0.1) is 17.4 Å². The molecular weight excluding hydrogens is 326 g/mol. The Morgan fingerprint density at radius 1 is 1.15 bits per heavy atom. The van der Waals surface area contributed by atoms with Crippen LogP contribution in [-0.2, 0) is 6.54 Å². The molecule has 7 nitrogen and oxygen atoms in total. The molecule has 0 amide bonds. The van der Waals surface area contributed by atoms with Crippen molar-refractivity contribution in [1.82, 2.24) is 20.2 Å². The summed E-state index contributed by atoms with van der Waals surface area (Å²) in [4.78, 5) is 15.1. The lowest BCUT2D eigenvalue weighted by molar-refractivity contribution is 0.269. The maximum atomic E-state index is 9.03. The zero-order chi connectivity index (χ0) is 18.0. The van der Waals surface area contributed by atoms with Crippen molar-refractivity contribution in [3.8, 4) is 6.19 Å². The van der Waals surface area contributed by atoms with E-state index in [1.807, 2.05) is 42.6 Å². The number of nitrogens with zero attached hydrogens (tertiary/aromatic N) is 5. The number of guanidine groups is 1. The molecule has 0 atom stereocenters. The fourth-order valence-electron chi connectivity index (χ4n) is 2.99. The molecule has 0 spiro atoms. The van der Waals surface area contributed by atoms with Crippen LogP contribution >= 0.6 is 0 Å². The fraction of sp³-hybridized carbons (Fsp3) is 0.368. The third-order valence-electron chi connectivity index (χ3n) is 4.45. The topological polar surface area (TPSA) is 89.2 Å². The van der Waals surface area contributed by atoms with E-state index in [-0.39, 0.29) is 0 Å². The zero-order valence-electron chi connectivity index (χ0n) is 14.7. The largest absolute Gasteiger partial charge is 0.354 e. The molecule has 1 saturated heterocycles. The van der Waals surface area contributed by atoms with Crippen LogP contribution in [0.2, 0.25) is 0 Å². The van der Waals surface area contributed by atoms with Gasteiger partial charge in [0.25, 0.3) is 0 Å². The van der Waals surface area contributed by atoms with Crippen LogP contribution < -0.4 is 10.6 Å². The van der Waals surface area contributed by atoms with Crippen molar-refractivity contribution in [3.05, 3.63) is 54.4 Å². The van der Waals surface area contributed by atoms with Crippen molar-refractivity contribution < 1.29 is 0 Å². The van der Waals surface area contributed by atoms with E-state index in [1.54, 1.807) is 12.4 Å². The van der Waals surface area contributed by atoms with E-state index in [0.29, 0.717) is 24.4 Å². The number of likely N-dealkylation sites (tertiary alicyclic amines) is 1. The van der Waals surface area contributed by atoms with Gasteiger partial charge in [-0.2, -0.15) is 5.26 Å². The van der Waals surface area contributed by atoms with Crippen LogP contribution in [-0.4, -0.2) is 40.5 Å². The normalized spacial score (nSPS) is 15.3. The van der Waals surface area contributed by atoms with E-state index in [4.69, 9.17) is 5.26 Å². The highest BCUT2D eigenvalue weighted by molar-refractivity contribution is 5.81. The highest BCUT2D eigenvalue weighted by Crippen LogP contribution is 2.17. The standard InChI is InChI=1S/C19H23N7/c20-15-25-19(24-14-16-5-2-1-3-6-16)26-11-7-17(8-12-26)13-23-18-21-9-4-10-22-18/h1-6,9-10,17H,7-8,11-14H2,(H,24,25)(H,21,22,23). The van der Waals surface area contributed by atoms with Gasteiger partial charge in [-0.15, -0.1) is 0 Å². The van der Waals surface area contributed by atoms with Gasteiger partial charge < -0.3 is 10.2 Å². The van der Waals surface area contributed by atoms with Crippen LogP contribution in [0.3, 0.4) is 0 Å².